The molecule has 1 amide bonds. The fraction of sp³-hybridized carbons (Fsp3) is 0.0909. The van der Waals surface area contributed by atoms with Crippen LogP contribution in [0.4, 0.5) is 11.4 Å². The van der Waals surface area contributed by atoms with Crippen LogP contribution in [0, 0.1) is 11.3 Å². The van der Waals surface area contributed by atoms with E-state index in [1.54, 1.807) is 4.90 Å². The number of amides is 1. The van der Waals surface area contributed by atoms with E-state index in [0.29, 0.717) is 11.3 Å². The lowest BCUT2D eigenvalue weighted by atomic mass is 10.0. The Balaban J connectivity index is 1.75. The van der Waals surface area contributed by atoms with Gasteiger partial charge in [0, 0.05) is 11.4 Å². The summed E-state index contributed by atoms with van der Waals surface area (Å²) in [4.78, 5) is 15.0. The number of rotatable bonds is 4. The SMILES string of the molecule is N#CCOc1ccc([C@@H]2Nc3ccccc3C(=O)N2c2ccccc2)cc1. The summed E-state index contributed by atoms with van der Waals surface area (Å²) in [6.45, 7) is 0.00300. The van der Waals surface area contributed by atoms with Gasteiger partial charge in [-0.1, -0.05) is 42.5 Å². The molecule has 3 aromatic carbocycles. The standard InChI is InChI=1S/C22H17N3O2/c23-14-15-27-18-12-10-16(11-13-18)21-24-20-9-5-4-8-19(20)22(26)25(21)17-6-2-1-3-7-17/h1-13,21,24H,15H2/t21-/m1/s1. The molecule has 0 spiro atoms. The van der Waals surface area contributed by atoms with Crippen LogP contribution < -0.4 is 15.0 Å². The van der Waals surface area contributed by atoms with Gasteiger partial charge in [0.05, 0.1) is 5.56 Å². The molecule has 0 aromatic heterocycles. The molecule has 1 aliphatic rings. The van der Waals surface area contributed by atoms with Gasteiger partial charge in [0.25, 0.3) is 5.91 Å². The molecule has 0 unspecified atom stereocenters. The van der Waals surface area contributed by atoms with Crippen LogP contribution in [0.3, 0.4) is 0 Å². The molecule has 1 aliphatic heterocycles. The molecule has 5 nitrogen and oxygen atoms in total. The monoisotopic (exact) mass is 355 g/mol. The summed E-state index contributed by atoms with van der Waals surface area (Å²) in [7, 11) is 0. The normalized spacial score (nSPS) is 15.4. The molecular weight excluding hydrogens is 338 g/mol. The number of nitrogens with zero attached hydrogens (tertiary/aromatic N) is 2. The number of fused-ring (bicyclic) bond motifs is 1. The van der Waals surface area contributed by atoms with Crippen LogP contribution in [0.15, 0.2) is 78.9 Å². The highest BCUT2D eigenvalue weighted by atomic mass is 16.5. The minimum absolute atomic E-state index is 0.00300. The molecule has 0 radical (unpaired) electrons. The smallest absolute Gasteiger partial charge is 0.262 e. The van der Waals surface area contributed by atoms with Crippen molar-refractivity contribution in [3.63, 3.8) is 0 Å². The third-order valence-electron chi connectivity index (χ3n) is 4.46. The number of nitriles is 1. The van der Waals surface area contributed by atoms with Crippen molar-refractivity contribution in [1.82, 2.24) is 0 Å². The van der Waals surface area contributed by atoms with Crippen molar-refractivity contribution in [3.05, 3.63) is 90.0 Å². The highest BCUT2D eigenvalue weighted by molar-refractivity contribution is 6.12. The van der Waals surface area contributed by atoms with Crippen molar-refractivity contribution >= 4 is 17.3 Å². The van der Waals surface area contributed by atoms with Gasteiger partial charge in [0.2, 0.25) is 0 Å². The number of ether oxygens (including phenoxy) is 1. The number of para-hydroxylation sites is 2. The van der Waals surface area contributed by atoms with Gasteiger partial charge in [-0.25, -0.2) is 0 Å². The van der Waals surface area contributed by atoms with Gasteiger partial charge in [-0.15, -0.1) is 0 Å². The number of carbonyl (C=O) groups excluding carboxylic acids is 1. The van der Waals surface area contributed by atoms with Crippen LogP contribution in [0.2, 0.25) is 0 Å². The highest BCUT2D eigenvalue weighted by Gasteiger charge is 2.33. The molecule has 5 heteroatoms. The molecule has 132 valence electrons. The summed E-state index contributed by atoms with van der Waals surface area (Å²) in [5.41, 5.74) is 3.20. The predicted octanol–water partition coefficient (Wildman–Crippen LogP) is 4.36. The van der Waals surface area contributed by atoms with Crippen molar-refractivity contribution < 1.29 is 9.53 Å². The maximum atomic E-state index is 13.2. The third kappa shape index (κ3) is 3.21. The van der Waals surface area contributed by atoms with Crippen molar-refractivity contribution in [2.75, 3.05) is 16.8 Å². The first kappa shape index (κ1) is 16.7. The van der Waals surface area contributed by atoms with E-state index in [9.17, 15) is 4.79 Å². The van der Waals surface area contributed by atoms with Gasteiger partial charge in [-0.05, 0) is 42.0 Å². The summed E-state index contributed by atoms with van der Waals surface area (Å²) in [6, 6.07) is 26.5. The van der Waals surface area contributed by atoms with Crippen LogP contribution in [-0.4, -0.2) is 12.5 Å². The summed E-state index contributed by atoms with van der Waals surface area (Å²) in [5.74, 6) is 0.569. The number of benzene rings is 3. The minimum Gasteiger partial charge on any atom is -0.479 e. The molecule has 1 heterocycles. The summed E-state index contributed by atoms with van der Waals surface area (Å²) < 4.78 is 5.32. The zero-order valence-electron chi connectivity index (χ0n) is 14.5. The van der Waals surface area contributed by atoms with Gasteiger partial charge < -0.3 is 10.1 Å². The Labute approximate surface area is 157 Å². The molecule has 0 bridgehead atoms. The number of carbonyl (C=O) groups is 1. The molecule has 27 heavy (non-hydrogen) atoms. The Morgan fingerprint density at radius 3 is 2.41 bits per heavy atom. The minimum atomic E-state index is -0.347. The second-order valence-electron chi connectivity index (χ2n) is 6.12. The largest absolute Gasteiger partial charge is 0.479 e. The van der Waals surface area contributed by atoms with E-state index < -0.39 is 0 Å². The number of hydrogen-bond donors (Lipinski definition) is 1. The molecule has 1 atom stereocenters. The van der Waals surface area contributed by atoms with E-state index in [0.717, 1.165) is 16.9 Å². The fourth-order valence-electron chi connectivity index (χ4n) is 3.20. The first-order valence-electron chi connectivity index (χ1n) is 8.62. The first-order valence-corrected chi connectivity index (χ1v) is 8.62. The van der Waals surface area contributed by atoms with Crippen LogP contribution in [0.25, 0.3) is 0 Å². The Bertz CT molecular complexity index is 994. The summed E-state index contributed by atoms with van der Waals surface area (Å²) in [5, 5.41) is 12.1. The Kier molecular flexibility index (Phi) is 4.46. The molecule has 0 saturated heterocycles. The van der Waals surface area contributed by atoms with Crippen LogP contribution >= 0.6 is 0 Å². The van der Waals surface area contributed by atoms with Gasteiger partial charge in [-0.2, -0.15) is 5.26 Å². The lowest BCUT2D eigenvalue weighted by Gasteiger charge is -2.38. The number of hydrogen-bond acceptors (Lipinski definition) is 4. The fourth-order valence-corrected chi connectivity index (χ4v) is 3.20. The highest BCUT2D eigenvalue weighted by Crippen LogP contribution is 2.36. The maximum Gasteiger partial charge on any atom is 0.262 e. The van der Waals surface area contributed by atoms with Crippen molar-refractivity contribution in [2.45, 2.75) is 6.17 Å². The molecule has 0 fully saturated rings. The Morgan fingerprint density at radius 1 is 0.963 bits per heavy atom. The molecule has 0 aliphatic carbocycles. The van der Waals surface area contributed by atoms with E-state index in [1.807, 2.05) is 84.9 Å². The topological polar surface area (TPSA) is 65.4 Å². The lowest BCUT2D eigenvalue weighted by molar-refractivity contribution is 0.0975. The first-order chi connectivity index (χ1) is 13.3. The zero-order valence-corrected chi connectivity index (χ0v) is 14.5. The summed E-state index contributed by atoms with van der Waals surface area (Å²) in [6.07, 6.45) is -0.347. The quantitative estimate of drug-likeness (QED) is 0.755. The average molecular weight is 355 g/mol. The Morgan fingerprint density at radius 2 is 1.67 bits per heavy atom. The molecule has 3 aromatic rings. The van der Waals surface area contributed by atoms with Crippen molar-refractivity contribution in [2.24, 2.45) is 0 Å². The van der Waals surface area contributed by atoms with Crippen LogP contribution in [0.5, 0.6) is 5.75 Å². The second kappa shape index (κ2) is 7.22. The molecule has 4 rings (SSSR count). The zero-order chi connectivity index (χ0) is 18.6. The van der Waals surface area contributed by atoms with E-state index in [2.05, 4.69) is 5.32 Å². The van der Waals surface area contributed by atoms with E-state index >= 15 is 0 Å². The second-order valence-corrected chi connectivity index (χ2v) is 6.12. The molecule has 1 N–H and O–H groups in total. The van der Waals surface area contributed by atoms with Gasteiger partial charge in [-0.3, -0.25) is 9.69 Å². The van der Waals surface area contributed by atoms with Gasteiger partial charge in [0.1, 0.15) is 18.0 Å². The van der Waals surface area contributed by atoms with Crippen LogP contribution in [-0.2, 0) is 0 Å². The third-order valence-corrected chi connectivity index (χ3v) is 4.46. The average Bonchev–Trinajstić information content (AvgIpc) is 2.73. The van der Waals surface area contributed by atoms with Gasteiger partial charge >= 0.3 is 0 Å². The molecular formula is C22H17N3O2. The predicted molar refractivity (Wildman–Crippen MR) is 104 cm³/mol. The van der Waals surface area contributed by atoms with Gasteiger partial charge in [0.15, 0.2) is 6.61 Å². The van der Waals surface area contributed by atoms with E-state index in [-0.39, 0.29) is 18.7 Å². The maximum absolute atomic E-state index is 13.2. The van der Waals surface area contributed by atoms with Crippen molar-refractivity contribution in [1.29, 1.82) is 5.26 Å². The lowest BCUT2D eigenvalue weighted by Crippen LogP contribution is -2.43. The Hall–Kier alpha value is -3.78. The van der Waals surface area contributed by atoms with Crippen LogP contribution in [0.1, 0.15) is 22.1 Å². The molecule has 0 saturated carbocycles. The summed E-state index contributed by atoms with van der Waals surface area (Å²) >= 11 is 0. The number of nitrogens with one attached hydrogen (secondary N) is 1. The van der Waals surface area contributed by atoms with E-state index in [4.69, 9.17) is 10.00 Å². The van der Waals surface area contributed by atoms with E-state index in [1.165, 1.54) is 0 Å². The number of anilines is 2. The van der Waals surface area contributed by atoms with Crippen molar-refractivity contribution in [3.8, 4) is 11.8 Å².